The molecule has 0 aliphatic rings. The van der Waals surface area contributed by atoms with Crippen LogP contribution in [0.3, 0.4) is 0 Å². The Morgan fingerprint density at radius 3 is 3.00 bits per heavy atom. The lowest BCUT2D eigenvalue weighted by Gasteiger charge is -2.02. The van der Waals surface area contributed by atoms with Gasteiger partial charge in [0.05, 0.1) is 0 Å². The Morgan fingerprint density at radius 2 is 2.40 bits per heavy atom. The lowest BCUT2D eigenvalue weighted by Crippen LogP contribution is -2.03. The zero-order valence-corrected chi connectivity index (χ0v) is 10.1. The Labute approximate surface area is 97.1 Å². The Kier molecular flexibility index (Phi) is 3.23. The molecule has 0 aromatic carbocycles. The third-order valence-corrected chi connectivity index (χ3v) is 3.89. The van der Waals surface area contributed by atoms with Crippen LogP contribution in [0.1, 0.15) is 11.1 Å². The van der Waals surface area contributed by atoms with Gasteiger partial charge in [-0.25, -0.2) is 0 Å². The van der Waals surface area contributed by atoms with E-state index in [2.05, 4.69) is 26.5 Å². The highest BCUT2D eigenvalue weighted by atomic mass is 32.1. The molecule has 0 spiro atoms. The van der Waals surface area contributed by atoms with Crippen molar-refractivity contribution in [3.05, 3.63) is 28.0 Å². The van der Waals surface area contributed by atoms with Crippen molar-refractivity contribution < 1.29 is 0 Å². The third kappa shape index (κ3) is 2.49. The fraction of sp³-hybridized carbons (Fsp3) is 0.300. The molecule has 2 aromatic heterocycles. The van der Waals surface area contributed by atoms with E-state index >= 15 is 0 Å². The summed E-state index contributed by atoms with van der Waals surface area (Å²) < 4.78 is 4.09. The van der Waals surface area contributed by atoms with Gasteiger partial charge in [0, 0.05) is 12.1 Å². The molecule has 0 radical (unpaired) electrons. The number of anilines is 2. The molecule has 5 heteroatoms. The zero-order chi connectivity index (χ0) is 10.7. The van der Waals surface area contributed by atoms with E-state index in [1.54, 1.807) is 11.3 Å². The highest BCUT2D eigenvalue weighted by Crippen LogP contribution is 2.25. The van der Waals surface area contributed by atoms with Gasteiger partial charge in [-0.05, 0) is 47.3 Å². The van der Waals surface area contributed by atoms with Crippen LogP contribution in [0.2, 0.25) is 0 Å². The standard InChI is InChI=1S/C10H13N3S2/c1-7-9(11)13-15-10(7)12-4-2-8-3-5-14-6-8/h3,5-6,12H,2,4H2,1H3,(H2,11,13). The Bertz CT molecular complexity index is 420. The number of nitrogens with one attached hydrogen (secondary N) is 1. The number of hydrogen-bond acceptors (Lipinski definition) is 5. The van der Waals surface area contributed by atoms with Crippen molar-refractivity contribution in [2.24, 2.45) is 0 Å². The van der Waals surface area contributed by atoms with Gasteiger partial charge in [0.15, 0.2) is 0 Å². The Morgan fingerprint density at radius 1 is 1.53 bits per heavy atom. The molecule has 2 heterocycles. The number of nitrogens with zero attached hydrogens (tertiary/aromatic N) is 1. The molecule has 0 bridgehead atoms. The molecule has 2 rings (SSSR count). The van der Waals surface area contributed by atoms with Crippen LogP contribution < -0.4 is 11.1 Å². The van der Waals surface area contributed by atoms with Crippen LogP contribution in [0.25, 0.3) is 0 Å². The van der Waals surface area contributed by atoms with Crippen molar-refractivity contribution in [3.63, 3.8) is 0 Å². The maximum absolute atomic E-state index is 5.67. The van der Waals surface area contributed by atoms with E-state index in [1.165, 1.54) is 17.1 Å². The van der Waals surface area contributed by atoms with Gasteiger partial charge in [0.1, 0.15) is 10.8 Å². The summed E-state index contributed by atoms with van der Waals surface area (Å²) in [6, 6.07) is 2.15. The number of nitrogens with two attached hydrogens (primary N) is 1. The zero-order valence-electron chi connectivity index (χ0n) is 8.49. The molecule has 3 nitrogen and oxygen atoms in total. The van der Waals surface area contributed by atoms with Crippen LogP contribution in [-0.4, -0.2) is 10.9 Å². The fourth-order valence-corrected chi connectivity index (χ4v) is 2.71. The predicted octanol–water partition coefficient (Wildman–Crippen LogP) is 2.75. The van der Waals surface area contributed by atoms with E-state index in [9.17, 15) is 0 Å². The van der Waals surface area contributed by atoms with Gasteiger partial charge in [-0.1, -0.05) is 0 Å². The fourth-order valence-electron chi connectivity index (χ4n) is 1.27. The molecule has 0 aliphatic heterocycles. The van der Waals surface area contributed by atoms with Gasteiger partial charge in [0.25, 0.3) is 0 Å². The smallest absolute Gasteiger partial charge is 0.142 e. The molecular weight excluding hydrogens is 226 g/mol. The number of aromatic nitrogens is 1. The first kappa shape index (κ1) is 10.4. The van der Waals surface area contributed by atoms with Gasteiger partial charge < -0.3 is 11.1 Å². The molecule has 2 aromatic rings. The van der Waals surface area contributed by atoms with Crippen LogP contribution in [0.15, 0.2) is 16.8 Å². The topological polar surface area (TPSA) is 50.9 Å². The van der Waals surface area contributed by atoms with Crippen molar-refractivity contribution in [1.29, 1.82) is 0 Å². The molecule has 15 heavy (non-hydrogen) atoms. The average molecular weight is 239 g/mol. The minimum atomic E-state index is 0.637. The molecule has 0 atom stereocenters. The van der Waals surface area contributed by atoms with Gasteiger partial charge in [-0.3, -0.25) is 0 Å². The average Bonchev–Trinajstić information content (AvgIpc) is 2.83. The lowest BCUT2D eigenvalue weighted by atomic mass is 10.2. The van der Waals surface area contributed by atoms with Crippen LogP contribution in [0.4, 0.5) is 10.8 Å². The van der Waals surface area contributed by atoms with Gasteiger partial charge in [-0.2, -0.15) is 15.7 Å². The summed E-state index contributed by atoms with van der Waals surface area (Å²) in [6.07, 6.45) is 1.04. The maximum atomic E-state index is 5.67. The van der Waals surface area contributed by atoms with Crippen LogP contribution in [-0.2, 0) is 6.42 Å². The maximum Gasteiger partial charge on any atom is 0.142 e. The quantitative estimate of drug-likeness (QED) is 0.862. The second-order valence-corrected chi connectivity index (χ2v) is 4.88. The molecule has 0 unspecified atom stereocenters. The van der Waals surface area contributed by atoms with Crippen molar-refractivity contribution in [2.45, 2.75) is 13.3 Å². The molecule has 0 aliphatic carbocycles. The van der Waals surface area contributed by atoms with Gasteiger partial charge in [-0.15, -0.1) is 0 Å². The lowest BCUT2D eigenvalue weighted by molar-refractivity contribution is 1.03. The SMILES string of the molecule is Cc1c(N)nsc1NCCc1ccsc1. The van der Waals surface area contributed by atoms with Crippen LogP contribution >= 0.6 is 22.9 Å². The summed E-state index contributed by atoms with van der Waals surface area (Å²) in [5, 5.41) is 8.72. The summed E-state index contributed by atoms with van der Waals surface area (Å²) >= 11 is 3.17. The van der Waals surface area contributed by atoms with E-state index < -0.39 is 0 Å². The molecule has 0 amide bonds. The second-order valence-electron chi connectivity index (χ2n) is 3.33. The number of hydrogen-bond donors (Lipinski definition) is 2. The summed E-state index contributed by atoms with van der Waals surface area (Å²) in [5.74, 6) is 0.637. The number of thiophene rings is 1. The van der Waals surface area contributed by atoms with E-state index in [-0.39, 0.29) is 0 Å². The first-order valence-electron chi connectivity index (χ1n) is 4.74. The van der Waals surface area contributed by atoms with E-state index in [4.69, 9.17) is 5.73 Å². The Hall–Kier alpha value is -1.07. The predicted molar refractivity (Wildman–Crippen MR) is 67.8 cm³/mol. The summed E-state index contributed by atoms with van der Waals surface area (Å²) in [6.45, 7) is 2.92. The van der Waals surface area contributed by atoms with Gasteiger partial charge >= 0.3 is 0 Å². The van der Waals surface area contributed by atoms with Crippen LogP contribution in [0, 0.1) is 6.92 Å². The molecular formula is C10H13N3S2. The van der Waals surface area contributed by atoms with Crippen molar-refractivity contribution in [1.82, 2.24) is 4.37 Å². The number of nitrogen functional groups attached to an aromatic ring is 1. The van der Waals surface area contributed by atoms with E-state index in [1.807, 2.05) is 6.92 Å². The van der Waals surface area contributed by atoms with E-state index in [0.29, 0.717) is 5.82 Å². The highest BCUT2D eigenvalue weighted by Gasteiger charge is 2.05. The van der Waals surface area contributed by atoms with Gasteiger partial charge in [0.2, 0.25) is 0 Å². The summed E-state index contributed by atoms with van der Waals surface area (Å²) in [7, 11) is 0. The van der Waals surface area contributed by atoms with Crippen molar-refractivity contribution in [3.8, 4) is 0 Å². The normalized spacial score (nSPS) is 10.5. The third-order valence-electron chi connectivity index (χ3n) is 2.24. The minimum absolute atomic E-state index is 0.637. The monoisotopic (exact) mass is 239 g/mol. The highest BCUT2D eigenvalue weighted by molar-refractivity contribution is 7.10. The number of rotatable bonds is 4. The second kappa shape index (κ2) is 4.63. The molecule has 3 N–H and O–H groups in total. The van der Waals surface area contributed by atoms with Crippen molar-refractivity contribution in [2.75, 3.05) is 17.6 Å². The van der Waals surface area contributed by atoms with Crippen LogP contribution in [0.5, 0.6) is 0 Å². The molecule has 80 valence electrons. The first-order chi connectivity index (χ1) is 7.27. The molecule has 0 saturated carbocycles. The van der Waals surface area contributed by atoms with E-state index in [0.717, 1.165) is 23.5 Å². The Balaban J connectivity index is 1.86. The summed E-state index contributed by atoms with van der Waals surface area (Å²) in [4.78, 5) is 0. The summed E-state index contributed by atoms with van der Waals surface area (Å²) in [5.41, 5.74) is 8.11. The first-order valence-corrected chi connectivity index (χ1v) is 6.45. The molecule has 0 saturated heterocycles. The minimum Gasteiger partial charge on any atom is -0.383 e. The van der Waals surface area contributed by atoms with Crippen molar-refractivity contribution >= 4 is 33.7 Å². The molecule has 0 fully saturated rings. The largest absolute Gasteiger partial charge is 0.383 e.